The van der Waals surface area contributed by atoms with Crippen LogP contribution in [0.25, 0.3) is 10.9 Å². The van der Waals surface area contributed by atoms with Crippen LogP contribution in [0.2, 0.25) is 0 Å². The number of anilines is 1. The van der Waals surface area contributed by atoms with Gasteiger partial charge in [0.15, 0.2) is 0 Å². The smallest absolute Gasteiger partial charge is 0.410 e. The number of fused-ring (bicyclic) bond motifs is 1. The molecule has 0 aliphatic heterocycles. The molecular formula is C15H12N2O2. The molecule has 0 unspecified atom stereocenters. The van der Waals surface area contributed by atoms with E-state index in [9.17, 15) is 4.79 Å². The van der Waals surface area contributed by atoms with Gasteiger partial charge in [-0.3, -0.25) is 5.32 Å². The molecule has 0 saturated heterocycles. The summed E-state index contributed by atoms with van der Waals surface area (Å²) in [6, 6.07) is 16.6. The first-order chi connectivity index (χ1) is 9.31. The van der Waals surface area contributed by atoms with E-state index in [0.717, 1.165) is 10.9 Å². The molecule has 2 aromatic carbocycles. The molecule has 4 nitrogen and oxygen atoms in total. The summed E-state index contributed by atoms with van der Waals surface area (Å²) in [5.41, 5.74) is 1.66. The maximum atomic E-state index is 11.7. The van der Waals surface area contributed by atoms with Gasteiger partial charge in [-0.2, -0.15) is 0 Å². The fourth-order valence-electron chi connectivity index (χ4n) is 1.86. The van der Waals surface area contributed by atoms with Crippen molar-refractivity contribution in [1.82, 2.24) is 4.98 Å². The minimum Gasteiger partial charge on any atom is -0.410 e. The Morgan fingerprint density at radius 1 is 1.05 bits per heavy atom. The zero-order valence-electron chi connectivity index (χ0n) is 10.1. The van der Waals surface area contributed by atoms with E-state index in [1.54, 1.807) is 12.1 Å². The molecule has 0 saturated carbocycles. The molecule has 94 valence electrons. The lowest BCUT2D eigenvalue weighted by molar-refractivity contribution is 0.215. The van der Waals surface area contributed by atoms with Crippen molar-refractivity contribution in [3.05, 3.63) is 60.8 Å². The highest BCUT2D eigenvalue weighted by Gasteiger charge is 2.05. The Bertz CT molecular complexity index is 704. The average molecular weight is 252 g/mol. The molecule has 0 spiro atoms. The molecule has 1 heterocycles. The van der Waals surface area contributed by atoms with Crippen LogP contribution in [0, 0.1) is 0 Å². The Morgan fingerprint density at radius 2 is 1.89 bits per heavy atom. The molecule has 0 aliphatic carbocycles. The van der Waals surface area contributed by atoms with E-state index in [1.807, 2.05) is 48.7 Å². The summed E-state index contributed by atoms with van der Waals surface area (Å²) in [4.78, 5) is 14.8. The number of para-hydroxylation sites is 1. The van der Waals surface area contributed by atoms with Gasteiger partial charge in [-0.05, 0) is 35.7 Å². The number of amides is 1. The second-order valence-corrected chi connectivity index (χ2v) is 4.11. The van der Waals surface area contributed by atoms with Gasteiger partial charge in [0.05, 0.1) is 0 Å². The second kappa shape index (κ2) is 4.86. The van der Waals surface area contributed by atoms with Gasteiger partial charge in [-0.25, -0.2) is 4.79 Å². The van der Waals surface area contributed by atoms with Gasteiger partial charge in [0.25, 0.3) is 0 Å². The number of aromatic amines is 1. The van der Waals surface area contributed by atoms with Crippen molar-refractivity contribution in [1.29, 1.82) is 0 Å². The zero-order valence-corrected chi connectivity index (χ0v) is 10.1. The van der Waals surface area contributed by atoms with Crippen molar-refractivity contribution in [2.24, 2.45) is 0 Å². The molecule has 19 heavy (non-hydrogen) atoms. The standard InChI is InChI=1S/C15H12N2O2/c18-15(19-13-4-2-1-3-5-13)17-12-7-6-11-8-9-16-14(11)10-12/h1-10,16H,(H,17,18). The fourth-order valence-corrected chi connectivity index (χ4v) is 1.86. The van der Waals surface area contributed by atoms with Gasteiger partial charge in [-0.15, -0.1) is 0 Å². The van der Waals surface area contributed by atoms with Crippen LogP contribution in [0.5, 0.6) is 5.75 Å². The van der Waals surface area contributed by atoms with Crippen molar-refractivity contribution in [3.8, 4) is 5.75 Å². The van der Waals surface area contributed by atoms with Crippen LogP contribution >= 0.6 is 0 Å². The Balaban J connectivity index is 1.72. The lowest BCUT2D eigenvalue weighted by Crippen LogP contribution is -2.16. The zero-order chi connectivity index (χ0) is 13.1. The molecule has 4 heteroatoms. The fraction of sp³-hybridized carbons (Fsp3) is 0. The maximum absolute atomic E-state index is 11.7. The van der Waals surface area contributed by atoms with E-state index in [-0.39, 0.29) is 0 Å². The number of aromatic nitrogens is 1. The lowest BCUT2D eigenvalue weighted by Gasteiger charge is -2.06. The summed E-state index contributed by atoms with van der Waals surface area (Å²) < 4.78 is 5.15. The van der Waals surface area contributed by atoms with Crippen molar-refractivity contribution >= 4 is 22.7 Å². The van der Waals surface area contributed by atoms with E-state index in [2.05, 4.69) is 10.3 Å². The number of hydrogen-bond donors (Lipinski definition) is 2. The van der Waals surface area contributed by atoms with Gasteiger partial charge in [0.1, 0.15) is 5.75 Å². The van der Waals surface area contributed by atoms with Crippen molar-refractivity contribution in [3.63, 3.8) is 0 Å². The Labute approximate surface area is 110 Å². The highest BCUT2D eigenvalue weighted by atomic mass is 16.6. The highest BCUT2D eigenvalue weighted by molar-refractivity contribution is 5.90. The summed E-state index contributed by atoms with van der Waals surface area (Å²) in [6.45, 7) is 0. The minimum absolute atomic E-state index is 0.503. The van der Waals surface area contributed by atoms with Crippen LogP contribution < -0.4 is 10.1 Å². The molecule has 1 amide bonds. The number of rotatable bonds is 2. The van der Waals surface area contributed by atoms with Gasteiger partial charge in [-0.1, -0.05) is 24.3 Å². The van der Waals surface area contributed by atoms with Crippen LogP contribution in [-0.4, -0.2) is 11.1 Å². The summed E-state index contributed by atoms with van der Waals surface area (Å²) >= 11 is 0. The summed E-state index contributed by atoms with van der Waals surface area (Å²) in [5, 5.41) is 3.79. The van der Waals surface area contributed by atoms with Crippen molar-refractivity contribution in [2.75, 3.05) is 5.32 Å². The number of H-pyrrole nitrogens is 1. The molecule has 3 aromatic rings. The van der Waals surface area contributed by atoms with E-state index in [4.69, 9.17) is 4.74 Å². The number of nitrogens with one attached hydrogen (secondary N) is 2. The van der Waals surface area contributed by atoms with Gasteiger partial charge < -0.3 is 9.72 Å². The summed E-state index contributed by atoms with van der Waals surface area (Å²) in [5.74, 6) is 0.515. The Kier molecular flexibility index (Phi) is 2.90. The van der Waals surface area contributed by atoms with Crippen molar-refractivity contribution in [2.45, 2.75) is 0 Å². The Morgan fingerprint density at radius 3 is 2.74 bits per heavy atom. The monoisotopic (exact) mass is 252 g/mol. The predicted octanol–water partition coefficient (Wildman–Crippen LogP) is 3.78. The largest absolute Gasteiger partial charge is 0.417 e. The third-order valence-corrected chi connectivity index (χ3v) is 2.76. The minimum atomic E-state index is -0.503. The number of carbonyl (C=O) groups excluding carboxylic acids is 1. The number of ether oxygens (including phenoxy) is 1. The lowest BCUT2D eigenvalue weighted by atomic mass is 10.2. The maximum Gasteiger partial charge on any atom is 0.417 e. The first kappa shape index (κ1) is 11.3. The quantitative estimate of drug-likeness (QED) is 0.729. The van der Waals surface area contributed by atoms with Crippen LogP contribution in [0.4, 0.5) is 10.5 Å². The highest BCUT2D eigenvalue weighted by Crippen LogP contribution is 2.18. The van der Waals surface area contributed by atoms with E-state index >= 15 is 0 Å². The van der Waals surface area contributed by atoms with Crippen LogP contribution in [0.15, 0.2) is 60.8 Å². The van der Waals surface area contributed by atoms with Gasteiger partial charge >= 0.3 is 6.09 Å². The van der Waals surface area contributed by atoms with E-state index in [0.29, 0.717) is 11.4 Å². The topological polar surface area (TPSA) is 54.1 Å². The SMILES string of the molecule is O=C(Nc1ccc2cc[nH]c2c1)Oc1ccccc1. The predicted molar refractivity (Wildman–Crippen MR) is 74.4 cm³/mol. The van der Waals surface area contributed by atoms with Gasteiger partial charge in [0.2, 0.25) is 0 Å². The molecule has 0 aliphatic rings. The molecule has 0 fully saturated rings. The van der Waals surface area contributed by atoms with E-state index in [1.165, 1.54) is 0 Å². The van der Waals surface area contributed by atoms with Crippen LogP contribution in [0.3, 0.4) is 0 Å². The third-order valence-electron chi connectivity index (χ3n) is 2.76. The molecule has 3 rings (SSSR count). The third kappa shape index (κ3) is 2.57. The molecule has 0 atom stereocenters. The number of benzene rings is 2. The number of hydrogen-bond acceptors (Lipinski definition) is 2. The van der Waals surface area contributed by atoms with Gasteiger partial charge in [0, 0.05) is 17.4 Å². The summed E-state index contributed by atoms with van der Waals surface area (Å²) in [7, 11) is 0. The molecule has 1 aromatic heterocycles. The molecule has 0 bridgehead atoms. The second-order valence-electron chi connectivity index (χ2n) is 4.11. The van der Waals surface area contributed by atoms with Crippen LogP contribution in [-0.2, 0) is 0 Å². The van der Waals surface area contributed by atoms with Crippen molar-refractivity contribution < 1.29 is 9.53 Å². The molecule has 2 N–H and O–H groups in total. The first-order valence-electron chi connectivity index (χ1n) is 5.92. The van der Waals surface area contributed by atoms with Crippen LogP contribution in [0.1, 0.15) is 0 Å². The normalized spacial score (nSPS) is 10.3. The molecule has 0 radical (unpaired) electrons. The van der Waals surface area contributed by atoms with E-state index < -0.39 is 6.09 Å². The first-order valence-corrected chi connectivity index (χ1v) is 5.92. The summed E-state index contributed by atoms with van der Waals surface area (Å²) in [6.07, 6.45) is 1.36. The molecular weight excluding hydrogens is 240 g/mol. The Hall–Kier alpha value is -2.75. The average Bonchev–Trinajstić information content (AvgIpc) is 2.87. The number of carbonyl (C=O) groups is 1.